The second kappa shape index (κ2) is 7.41. The van der Waals surface area contributed by atoms with Crippen molar-refractivity contribution in [2.75, 3.05) is 26.2 Å². The lowest BCUT2D eigenvalue weighted by molar-refractivity contribution is 0.103. The highest BCUT2D eigenvalue weighted by atomic mass is 32.3. The molecule has 156 valence electrons. The van der Waals surface area contributed by atoms with Gasteiger partial charge >= 0.3 is 10.4 Å². The summed E-state index contributed by atoms with van der Waals surface area (Å²) < 4.78 is 60.8. The second-order valence-electron chi connectivity index (χ2n) is 7.52. The topological polar surface area (TPSA) is 89.9 Å². The Morgan fingerprint density at radius 1 is 0.862 bits per heavy atom. The fourth-order valence-corrected chi connectivity index (χ4v) is 4.69. The zero-order valence-electron chi connectivity index (χ0n) is 15.5. The van der Waals surface area contributed by atoms with Gasteiger partial charge in [-0.15, -0.1) is 0 Å². The number of hydrogen-bond acceptors (Lipinski definition) is 4. The summed E-state index contributed by atoms with van der Waals surface area (Å²) in [5.41, 5.74) is 3.81. The van der Waals surface area contributed by atoms with Crippen LogP contribution in [0.25, 0.3) is 0 Å². The summed E-state index contributed by atoms with van der Waals surface area (Å²) in [6.07, 6.45) is 0. The summed E-state index contributed by atoms with van der Waals surface area (Å²) in [6.45, 7) is 3.78. The monoisotopic (exact) mass is 424 g/mol. The molecule has 1 heterocycles. The molecule has 29 heavy (non-hydrogen) atoms. The van der Waals surface area contributed by atoms with E-state index in [2.05, 4.69) is 22.3 Å². The fraction of sp³-hybridized carbons (Fsp3) is 0.400. The highest BCUT2D eigenvalue weighted by Crippen LogP contribution is 2.70. The summed E-state index contributed by atoms with van der Waals surface area (Å²) in [5, 5.41) is 3.39. The molecular weight excluding hydrogens is 402 g/mol. The third-order valence-corrected chi connectivity index (χ3v) is 5.82. The molecule has 5 rings (SSSR count). The minimum absolute atomic E-state index is 0.0862. The van der Waals surface area contributed by atoms with Gasteiger partial charge in [0.25, 0.3) is 5.92 Å². The Balaban J connectivity index is 0.000000369. The number of benzene rings is 2. The molecule has 2 aromatic rings. The van der Waals surface area contributed by atoms with Crippen LogP contribution in [0.4, 0.5) is 8.78 Å². The smallest absolute Gasteiger partial charge is 0.314 e. The van der Waals surface area contributed by atoms with Crippen LogP contribution in [-0.4, -0.2) is 54.5 Å². The molecule has 2 aliphatic carbocycles. The molecule has 2 aromatic carbocycles. The molecule has 2 fully saturated rings. The highest BCUT2D eigenvalue weighted by molar-refractivity contribution is 7.79. The number of nitrogens with one attached hydrogen (secondary N) is 1. The third-order valence-electron chi connectivity index (χ3n) is 5.82. The molecule has 6 nitrogen and oxygen atoms in total. The number of hydrogen-bond donors (Lipinski definition) is 3. The van der Waals surface area contributed by atoms with Gasteiger partial charge < -0.3 is 5.32 Å². The van der Waals surface area contributed by atoms with Crippen molar-refractivity contribution in [3.63, 3.8) is 0 Å². The zero-order chi connectivity index (χ0) is 20.8. The first-order valence-corrected chi connectivity index (χ1v) is 10.8. The van der Waals surface area contributed by atoms with Crippen molar-refractivity contribution in [3.8, 4) is 0 Å². The maximum Gasteiger partial charge on any atom is 0.394 e. The van der Waals surface area contributed by atoms with Gasteiger partial charge in [-0.05, 0) is 22.3 Å². The standard InChI is InChI=1S/C20H20F2N2.H2O4S/c21-20(22)17-13-5-1-3-7-15(13)19(24-11-9-23-10-12-24)16-8-4-2-6-14(16)18(17)20;1-5(2,3)4/h1-8,17-19,23H,9-12H2;(H2,1,2,3,4)/t17-,18+,19?;. The molecule has 1 saturated carbocycles. The number of alkyl halides is 2. The van der Waals surface area contributed by atoms with Gasteiger partial charge in [-0.3, -0.25) is 14.0 Å². The molecule has 0 radical (unpaired) electrons. The molecule has 1 unspecified atom stereocenters. The summed E-state index contributed by atoms with van der Waals surface area (Å²) in [7, 11) is -4.67. The normalized spacial score (nSPS) is 27.4. The number of nitrogens with zero attached hydrogens (tertiary/aromatic N) is 1. The molecule has 0 aromatic heterocycles. The van der Waals surface area contributed by atoms with Crippen molar-refractivity contribution >= 4 is 10.4 Å². The van der Waals surface area contributed by atoms with E-state index < -0.39 is 28.2 Å². The largest absolute Gasteiger partial charge is 0.394 e. The van der Waals surface area contributed by atoms with Crippen LogP contribution in [0.15, 0.2) is 48.5 Å². The predicted octanol–water partition coefficient (Wildman–Crippen LogP) is 2.86. The Morgan fingerprint density at radius 2 is 1.24 bits per heavy atom. The summed E-state index contributed by atoms with van der Waals surface area (Å²) in [6, 6.07) is 15.8. The average Bonchev–Trinajstić information content (AvgIpc) is 3.27. The minimum atomic E-state index is -4.67. The Kier molecular flexibility index (Phi) is 5.20. The SMILES string of the molecule is FC1(F)[C@@H]2c3ccccc3C(N3CCNCC3)c3ccccc3[C@@H]21.O=S(=O)(O)O. The van der Waals surface area contributed by atoms with Crippen LogP contribution in [0.5, 0.6) is 0 Å². The van der Waals surface area contributed by atoms with Gasteiger partial charge in [0.1, 0.15) is 0 Å². The predicted molar refractivity (Wildman–Crippen MR) is 104 cm³/mol. The molecule has 9 heteroatoms. The average molecular weight is 424 g/mol. The van der Waals surface area contributed by atoms with Gasteiger partial charge in [-0.25, -0.2) is 8.78 Å². The van der Waals surface area contributed by atoms with Crippen molar-refractivity contribution < 1.29 is 26.3 Å². The molecular formula is C20H22F2N2O4S. The lowest BCUT2D eigenvalue weighted by Crippen LogP contribution is -2.45. The summed E-state index contributed by atoms with van der Waals surface area (Å²) >= 11 is 0. The van der Waals surface area contributed by atoms with E-state index in [1.54, 1.807) is 0 Å². The first-order valence-electron chi connectivity index (χ1n) is 9.39. The molecule has 0 spiro atoms. The molecule has 1 aliphatic heterocycles. The molecule has 0 amide bonds. The van der Waals surface area contributed by atoms with E-state index in [1.165, 1.54) is 0 Å². The minimum Gasteiger partial charge on any atom is -0.314 e. The van der Waals surface area contributed by atoms with E-state index >= 15 is 0 Å². The van der Waals surface area contributed by atoms with Crippen LogP contribution < -0.4 is 5.32 Å². The van der Waals surface area contributed by atoms with Crippen molar-refractivity contribution in [1.29, 1.82) is 0 Å². The Bertz CT molecular complexity index is 946. The van der Waals surface area contributed by atoms with E-state index in [0.29, 0.717) is 0 Å². The number of halogens is 2. The van der Waals surface area contributed by atoms with Crippen LogP contribution in [0, 0.1) is 0 Å². The Morgan fingerprint density at radius 3 is 1.66 bits per heavy atom. The van der Waals surface area contributed by atoms with Crippen LogP contribution in [0.2, 0.25) is 0 Å². The quantitative estimate of drug-likeness (QED) is 0.610. The van der Waals surface area contributed by atoms with E-state index in [-0.39, 0.29) is 6.04 Å². The molecule has 1 saturated heterocycles. The Hall–Kier alpha value is -1.91. The van der Waals surface area contributed by atoms with Crippen molar-refractivity contribution in [2.24, 2.45) is 0 Å². The van der Waals surface area contributed by atoms with E-state index in [1.807, 2.05) is 36.4 Å². The number of fused-ring (bicyclic) bond motifs is 5. The van der Waals surface area contributed by atoms with Crippen LogP contribution in [0.3, 0.4) is 0 Å². The second-order valence-corrected chi connectivity index (χ2v) is 8.42. The number of piperazine rings is 1. The van der Waals surface area contributed by atoms with Crippen LogP contribution in [-0.2, 0) is 10.4 Å². The maximum atomic E-state index is 14.6. The van der Waals surface area contributed by atoms with Gasteiger partial charge in [0.15, 0.2) is 0 Å². The molecule has 0 bridgehead atoms. The van der Waals surface area contributed by atoms with Gasteiger partial charge in [-0.1, -0.05) is 48.5 Å². The van der Waals surface area contributed by atoms with Crippen LogP contribution in [0.1, 0.15) is 40.1 Å². The van der Waals surface area contributed by atoms with Gasteiger partial charge in [-0.2, -0.15) is 8.42 Å². The van der Waals surface area contributed by atoms with E-state index in [9.17, 15) is 8.78 Å². The first kappa shape index (κ1) is 20.4. The van der Waals surface area contributed by atoms with Gasteiger partial charge in [0, 0.05) is 26.2 Å². The van der Waals surface area contributed by atoms with Gasteiger partial charge in [0.05, 0.1) is 17.9 Å². The van der Waals surface area contributed by atoms with Crippen molar-refractivity contribution in [1.82, 2.24) is 10.2 Å². The van der Waals surface area contributed by atoms with E-state index in [4.69, 9.17) is 17.5 Å². The highest BCUT2D eigenvalue weighted by Gasteiger charge is 2.71. The Labute approximate surface area is 168 Å². The summed E-state index contributed by atoms with van der Waals surface area (Å²) in [5.74, 6) is -3.95. The van der Waals surface area contributed by atoms with Gasteiger partial charge in [0.2, 0.25) is 0 Å². The molecule has 3 N–H and O–H groups in total. The van der Waals surface area contributed by atoms with Crippen LogP contribution >= 0.6 is 0 Å². The number of rotatable bonds is 1. The lowest BCUT2D eigenvalue weighted by atomic mass is 9.90. The fourth-order valence-electron chi connectivity index (χ4n) is 4.69. The summed E-state index contributed by atoms with van der Waals surface area (Å²) in [4.78, 5) is 2.44. The first-order chi connectivity index (χ1) is 13.7. The molecule has 3 aliphatic rings. The van der Waals surface area contributed by atoms with E-state index in [0.717, 1.165) is 48.4 Å². The lowest BCUT2D eigenvalue weighted by Gasteiger charge is -2.37. The van der Waals surface area contributed by atoms with Crippen molar-refractivity contribution in [2.45, 2.75) is 23.8 Å². The maximum absolute atomic E-state index is 14.6. The molecule has 3 atom stereocenters. The third kappa shape index (κ3) is 3.93. The zero-order valence-corrected chi connectivity index (χ0v) is 16.3. The van der Waals surface area contributed by atoms with Crippen molar-refractivity contribution in [3.05, 3.63) is 70.8 Å².